The molecule has 3 N–H and O–H groups in total. The first-order valence-corrected chi connectivity index (χ1v) is 12.0. The Kier molecular flexibility index (Phi) is 6.93. The lowest BCUT2D eigenvalue weighted by molar-refractivity contribution is -0.383. The molecule has 1 fully saturated rings. The Balaban J connectivity index is 1.40. The third-order valence-electron chi connectivity index (χ3n) is 5.85. The van der Waals surface area contributed by atoms with Crippen LogP contribution in [0.1, 0.15) is 41.9 Å². The van der Waals surface area contributed by atoms with Crippen molar-refractivity contribution in [3.05, 3.63) is 64.0 Å². The fourth-order valence-electron chi connectivity index (χ4n) is 4.18. The molecule has 0 saturated heterocycles. The molecular weight excluding hydrogens is 442 g/mol. The maximum Gasteiger partial charge on any atom is 0.297 e. The van der Waals surface area contributed by atoms with Crippen molar-refractivity contribution in [2.75, 3.05) is 6.26 Å². The second kappa shape index (κ2) is 10.0. The zero-order chi connectivity index (χ0) is 23.4. The molecule has 1 saturated carbocycles. The van der Waals surface area contributed by atoms with Crippen LogP contribution in [0, 0.1) is 10.1 Å². The van der Waals surface area contributed by atoms with Crippen LogP contribution >= 0.6 is 11.8 Å². The Hall–Kier alpha value is -3.40. The predicted molar refractivity (Wildman–Crippen MR) is 126 cm³/mol. The van der Waals surface area contributed by atoms with E-state index < -0.39 is 4.92 Å². The lowest BCUT2D eigenvalue weighted by atomic mass is 9.90. The average Bonchev–Trinajstić information content (AvgIpc) is 3.22. The Morgan fingerprint density at radius 3 is 2.48 bits per heavy atom. The maximum absolute atomic E-state index is 12.7. The van der Waals surface area contributed by atoms with Gasteiger partial charge in [0.15, 0.2) is 5.52 Å². The number of nitro groups is 1. The number of amides is 2. The molecule has 3 aromatic rings. The van der Waals surface area contributed by atoms with E-state index in [4.69, 9.17) is 0 Å². The van der Waals surface area contributed by atoms with Crippen molar-refractivity contribution in [3.8, 4) is 0 Å². The lowest BCUT2D eigenvalue weighted by Crippen LogP contribution is -2.53. The van der Waals surface area contributed by atoms with Gasteiger partial charge in [0, 0.05) is 28.6 Å². The Morgan fingerprint density at radius 1 is 1.12 bits per heavy atom. The van der Waals surface area contributed by atoms with Gasteiger partial charge in [-0.15, -0.1) is 11.8 Å². The number of nitro benzene ring substituents is 1. The Bertz CT molecular complexity index is 1180. The highest BCUT2D eigenvalue weighted by Crippen LogP contribution is 2.24. The van der Waals surface area contributed by atoms with Gasteiger partial charge in [-0.2, -0.15) is 0 Å². The normalized spacial score (nSPS) is 18.1. The summed E-state index contributed by atoms with van der Waals surface area (Å²) >= 11 is 1.62. The monoisotopic (exact) mass is 467 g/mol. The van der Waals surface area contributed by atoms with Crippen LogP contribution in [0.3, 0.4) is 0 Å². The lowest BCUT2D eigenvalue weighted by Gasteiger charge is -2.32. The number of carbonyl (C=O) groups excluding carboxylic acids is 2. The summed E-state index contributed by atoms with van der Waals surface area (Å²) in [5.74, 6) is -0.0346. The van der Waals surface area contributed by atoms with E-state index in [-0.39, 0.29) is 41.5 Å². The summed E-state index contributed by atoms with van der Waals surface area (Å²) < 4.78 is 0. The van der Waals surface area contributed by atoms with Gasteiger partial charge >= 0.3 is 0 Å². The van der Waals surface area contributed by atoms with Gasteiger partial charge in [0.05, 0.1) is 16.9 Å². The molecule has 0 bridgehead atoms. The van der Waals surface area contributed by atoms with Gasteiger partial charge in [-0.25, -0.2) is 4.98 Å². The van der Waals surface area contributed by atoms with E-state index in [1.54, 1.807) is 36.0 Å². The highest BCUT2D eigenvalue weighted by molar-refractivity contribution is 7.98. The molecule has 10 heteroatoms. The Morgan fingerprint density at radius 2 is 1.82 bits per heavy atom. The molecule has 0 unspecified atom stereocenters. The summed E-state index contributed by atoms with van der Waals surface area (Å²) in [6.45, 7) is 0. The SMILES string of the molecule is CSc1ccc(C(=O)N[C@H]2CCCC[C@H]2NC(=O)Cc2nc3c([N+](=O)[O-])cccc3[nH]2)cc1. The zero-order valence-corrected chi connectivity index (χ0v) is 19.0. The number of carbonyl (C=O) groups is 2. The first-order valence-electron chi connectivity index (χ1n) is 10.8. The number of hydrogen-bond donors (Lipinski definition) is 3. The molecule has 172 valence electrons. The Labute approximate surface area is 194 Å². The van der Waals surface area contributed by atoms with E-state index in [1.165, 1.54) is 6.07 Å². The summed E-state index contributed by atoms with van der Waals surface area (Å²) in [4.78, 5) is 44.5. The van der Waals surface area contributed by atoms with Crippen LogP contribution in [0.25, 0.3) is 11.0 Å². The molecule has 33 heavy (non-hydrogen) atoms. The van der Waals surface area contributed by atoms with Crippen molar-refractivity contribution in [2.24, 2.45) is 0 Å². The molecule has 9 nitrogen and oxygen atoms in total. The number of fused-ring (bicyclic) bond motifs is 1. The van der Waals surface area contributed by atoms with E-state index in [2.05, 4.69) is 20.6 Å². The van der Waals surface area contributed by atoms with E-state index in [1.807, 2.05) is 18.4 Å². The molecule has 4 rings (SSSR count). The van der Waals surface area contributed by atoms with Crippen LogP contribution in [0.5, 0.6) is 0 Å². The highest BCUT2D eigenvalue weighted by Gasteiger charge is 2.28. The molecule has 0 radical (unpaired) electrons. The second-order valence-corrected chi connectivity index (χ2v) is 8.94. The van der Waals surface area contributed by atoms with Gasteiger partial charge in [0.1, 0.15) is 5.82 Å². The van der Waals surface area contributed by atoms with Crippen LogP contribution < -0.4 is 10.6 Å². The van der Waals surface area contributed by atoms with Crippen molar-refractivity contribution < 1.29 is 14.5 Å². The van der Waals surface area contributed by atoms with Gasteiger partial charge < -0.3 is 15.6 Å². The third-order valence-corrected chi connectivity index (χ3v) is 6.59. The maximum atomic E-state index is 12.7. The predicted octanol–water partition coefficient (Wildman–Crippen LogP) is 3.59. The molecule has 0 spiro atoms. The van der Waals surface area contributed by atoms with Gasteiger partial charge in [0.2, 0.25) is 5.91 Å². The first-order chi connectivity index (χ1) is 15.9. The number of rotatable bonds is 7. The summed E-state index contributed by atoms with van der Waals surface area (Å²) in [7, 11) is 0. The van der Waals surface area contributed by atoms with Crippen LogP contribution in [-0.2, 0) is 11.2 Å². The molecule has 0 aliphatic heterocycles. The molecule has 2 amide bonds. The molecule has 1 heterocycles. The van der Waals surface area contributed by atoms with Crippen molar-refractivity contribution >= 4 is 40.3 Å². The summed E-state index contributed by atoms with van der Waals surface area (Å²) in [6, 6.07) is 11.7. The number of nitrogens with one attached hydrogen (secondary N) is 3. The van der Waals surface area contributed by atoms with Gasteiger partial charge in [-0.05, 0) is 49.4 Å². The van der Waals surface area contributed by atoms with E-state index in [0.717, 1.165) is 30.6 Å². The van der Waals surface area contributed by atoms with E-state index in [0.29, 0.717) is 16.9 Å². The molecular formula is C23H25N5O4S. The molecule has 1 aliphatic rings. The number of hydrogen-bond acceptors (Lipinski definition) is 6. The van der Waals surface area contributed by atoms with E-state index in [9.17, 15) is 19.7 Å². The largest absolute Gasteiger partial charge is 0.351 e. The number of nitrogens with zero attached hydrogens (tertiary/aromatic N) is 2. The fraction of sp³-hybridized carbons (Fsp3) is 0.348. The van der Waals surface area contributed by atoms with Crippen LogP contribution in [0.15, 0.2) is 47.4 Å². The molecule has 1 aliphatic carbocycles. The van der Waals surface area contributed by atoms with Crippen molar-refractivity contribution in [2.45, 2.75) is 49.1 Å². The van der Waals surface area contributed by atoms with Gasteiger partial charge in [0.25, 0.3) is 11.6 Å². The second-order valence-electron chi connectivity index (χ2n) is 8.06. The average molecular weight is 468 g/mol. The topological polar surface area (TPSA) is 130 Å². The minimum Gasteiger partial charge on any atom is -0.351 e. The van der Waals surface area contributed by atoms with Crippen LogP contribution in [0.2, 0.25) is 0 Å². The number of benzene rings is 2. The van der Waals surface area contributed by atoms with Gasteiger partial charge in [-0.1, -0.05) is 18.9 Å². The number of non-ortho nitro benzene ring substituents is 1. The van der Waals surface area contributed by atoms with Crippen molar-refractivity contribution in [1.82, 2.24) is 20.6 Å². The minimum atomic E-state index is -0.489. The zero-order valence-electron chi connectivity index (χ0n) is 18.2. The molecule has 2 atom stereocenters. The molecule has 2 aromatic carbocycles. The number of aromatic amines is 1. The van der Waals surface area contributed by atoms with Gasteiger partial charge in [-0.3, -0.25) is 19.7 Å². The van der Waals surface area contributed by atoms with Crippen LogP contribution in [-0.4, -0.2) is 45.0 Å². The summed E-state index contributed by atoms with van der Waals surface area (Å²) in [5, 5.41) is 17.3. The highest BCUT2D eigenvalue weighted by atomic mass is 32.2. The number of imidazole rings is 1. The first kappa shape index (κ1) is 22.8. The van der Waals surface area contributed by atoms with Crippen molar-refractivity contribution in [3.63, 3.8) is 0 Å². The molecule has 1 aromatic heterocycles. The van der Waals surface area contributed by atoms with Crippen molar-refractivity contribution in [1.29, 1.82) is 0 Å². The summed E-state index contributed by atoms with van der Waals surface area (Å²) in [6.07, 6.45) is 5.47. The number of H-pyrrole nitrogens is 1. The quantitative estimate of drug-likeness (QED) is 0.277. The number of aromatic nitrogens is 2. The van der Waals surface area contributed by atoms with E-state index >= 15 is 0 Å². The smallest absolute Gasteiger partial charge is 0.297 e. The minimum absolute atomic E-state index is 0.0286. The fourth-order valence-corrected chi connectivity index (χ4v) is 4.59. The summed E-state index contributed by atoms with van der Waals surface area (Å²) in [5.41, 5.74) is 1.24. The number of para-hydroxylation sites is 1. The van der Waals surface area contributed by atoms with Crippen LogP contribution in [0.4, 0.5) is 5.69 Å². The number of thioether (sulfide) groups is 1. The third kappa shape index (κ3) is 5.33. The standard InChI is InChI=1S/C23H25N5O4S/c1-33-15-11-9-14(10-12-15)23(30)26-17-6-3-2-5-16(17)25-21(29)13-20-24-18-7-4-8-19(28(31)32)22(18)27-20/h4,7-12,16-17H,2-3,5-6,13H2,1H3,(H,24,27)(H,25,29)(H,26,30)/t16-,17+/m1/s1.